The number of nitrogens with zero attached hydrogens (tertiary/aromatic N) is 2. The van der Waals surface area contributed by atoms with Crippen molar-refractivity contribution in [1.29, 1.82) is 0 Å². The van der Waals surface area contributed by atoms with Gasteiger partial charge in [-0.05, 0) is 25.0 Å². The van der Waals surface area contributed by atoms with Gasteiger partial charge in [-0.25, -0.2) is 9.18 Å². The lowest BCUT2D eigenvalue weighted by Gasteiger charge is -2.29. The summed E-state index contributed by atoms with van der Waals surface area (Å²) in [5, 5.41) is 2.22. The van der Waals surface area contributed by atoms with Gasteiger partial charge in [0.25, 0.3) is 0 Å². The van der Waals surface area contributed by atoms with Crippen LogP contribution in [-0.2, 0) is 15.0 Å². The number of hydrogen-bond acceptors (Lipinski definition) is 3. The standard InChI is InChI=1S/C18H20FN3O3/c19-12-4-3-5-13-16(12)18(7-1-2-8-18)11-22(13)15(24)10-21-9-6-14(23)20-17(21)25/h3-5H,1-2,6-11H2,(H,20,23,25). The molecular weight excluding hydrogens is 325 g/mol. The molecule has 1 saturated heterocycles. The fourth-order valence-electron chi connectivity index (χ4n) is 4.41. The van der Waals surface area contributed by atoms with Crippen LogP contribution in [0.1, 0.15) is 37.7 Å². The summed E-state index contributed by atoms with van der Waals surface area (Å²) >= 11 is 0. The Morgan fingerprint density at radius 3 is 2.72 bits per heavy atom. The van der Waals surface area contributed by atoms with E-state index in [1.807, 2.05) is 0 Å². The third kappa shape index (κ3) is 2.58. The van der Waals surface area contributed by atoms with Crippen LogP contribution in [0.4, 0.5) is 14.9 Å². The third-order valence-corrected chi connectivity index (χ3v) is 5.60. The van der Waals surface area contributed by atoms with Gasteiger partial charge in [0.15, 0.2) is 0 Å². The summed E-state index contributed by atoms with van der Waals surface area (Å²) in [7, 11) is 0. The molecule has 0 atom stereocenters. The third-order valence-electron chi connectivity index (χ3n) is 5.60. The first-order chi connectivity index (χ1) is 12.0. The largest absolute Gasteiger partial charge is 0.324 e. The maximum atomic E-state index is 14.5. The van der Waals surface area contributed by atoms with Crippen LogP contribution in [0.25, 0.3) is 0 Å². The number of hydrogen-bond donors (Lipinski definition) is 1. The number of fused-ring (bicyclic) bond motifs is 2. The summed E-state index contributed by atoms with van der Waals surface area (Å²) in [5.74, 6) is -0.816. The second-order valence-electron chi connectivity index (χ2n) is 7.13. The van der Waals surface area contributed by atoms with Crippen LogP contribution in [0.3, 0.4) is 0 Å². The summed E-state index contributed by atoms with van der Waals surface area (Å²) in [6.07, 6.45) is 4.01. The van der Waals surface area contributed by atoms with Gasteiger partial charge in [-0.3, -0.25) is 14.9 Å². The number of halogens is 1. The van der Waals surface area contributed by atoms with Crippen molar-refractivity contribution >= 4 is 23.5 Å². The number of imide groups is 1. The lowest BCUT2D eigenvalue weighted by molar-refractivity contribution is -0.124. The molecule has 0 radical (unpaired) electrons. The van der Waals surface area contributed by atoms with Crippen LogP contribution < -0.4 is 10.2 Å². The monoisotopic (exact) mass is 345 g/mol. The highest BCUT2D eigenvalue weighted by Gasteiger charge is 2.48. The number of benzene rings is 1. The summed E-state index contributed by atoms with van der Waals surface area (Å²) < 4.78 is 14.5. The highest BCUT2D eigenvalue weighted by molar-refractivity contribution is 6.02. The zero-order valence-corrected chi connectivity index (χ0v) is 13.9. The Bertz CT molecular complexity index is 758. The molecule has 1 aromatic rings. The van der Waals surface area contributed by atoms with Gasteiger partial charge >= 0.3 is 6.03 Å². The molecule has 1 saturated carbocycles. The normalized spacial score (nSPS) is 21.6. The lowest BCUT2D eigenvalue weighted by Crippen LogP contribution is -2.53. The zero-order valence-electron chi connectivity index (χ0n) is 13.9. The first-order valence-electron chi connectivity index (χ1n) is 8.68. The van der Waals surface area contributed by atoms with Crippen LogP contribution in [0, 0.1) is 5.82 Å². The molecule has 7 heteroatoms. The van der Waals surface area contributed by atoms with Gasteiger partial charge in [-0.1, -0.05) is 18.9 Å². The van der Waals surface area contributed by atoms with E-state index in [1.54, 1.807) is 17.0 Å². The number of carbonyl (C=O) groups is 3. The van der Waals surface area contributed by atoms with Crippen LogP contribution in [0.5, 0.6) is 0 Å². The molecule has 2 aliphatic heterocycles. The molecule has 2 heterocycles. The Hall–Kier alpha value is -2.44. The van der Waals surface area contributed by atoms with Crippen molar-refractivity contribution in [3.05, 3.63) is 29.6 Å². The quantitative estimate of drug-likeness (QED) is 0.890. The van der Waals surface area contributed by atoms with Gasteiger partial charge in [0.1, 0.15) is 12.4 Å². The summed E-state index contributed by atoms with van der Waals surface area (Å²) in [6, 6.07) is 4.31. The zero-order chi connectivity index (χ0) is 17.6. The van der Waals surface area contributed by atoms with E-state index in [0.717, 1.165) is 25.7 Å². The second-order valence-corrected chi connectivity index (χ2v) is 7.13. The average Bonchev–Trinajstić information content (AvgIpc) is 3.17. The number of rotatable bonds is 2. The van der Waals surface area contributed by atoms with Gasteiger partial charge in [0.05, 0.1) is 5.69 Å². The van der Waals surface area contributed by atoms with E-state index in [-0.39, 0.29) is 42.6 Å². The molecule has 0 bridgehead atoms. The highest BCUT2D eigenvalue weighted by Crippen LogP contribution is 2.51. The minimum absolute atomic E-state index is 0.106. The van der Waals surface area contributed by atoms with E-state index in [9.17, 15) is 18.8 Å². The van der Waals surface area contributed by atoms with Crippen LogP contribution in [0.2, 0.25) is 0 Å². The molecular formula is C18H20FN3O3. The van der Waals surface area contributed by atoms with Crippen molar-refractivity contribution in [3.8, 4) is 0 Å². The predicted octanol–water partition coefficient (Wildman–Crippen LogP) is 1.93. The number of carbonyl (C=O) groups excluding carboxylic acids is 3. The Morgan fingerprint density at radius 1 is 1.24 bits per heavy atom. The van der Waals surface area contributed by atoms with E-state index >= 15 is 0 Å². The van der Waals surface area contributed by atoms with Gasteiger partial charge in [0.2, 0.25) is 11.8 Å². The SMILES string of the molecule is O=C1CCN(CC(=O)N2CC3(CCCC3)c3c(F)cccc32)C(=O)N1. The maximum Gasteiger partial charge on any atom is 0.324 e. The van der Waals surface area contributed by atoms with Crippen molar-refractivity contribution in [2.75, 3.05) is 24.5 Å². The van der Waals surface area contributed by atoms with Gasteiger partial charge < -0.3 is 9.80 Å². The number of urea groups is 1. The molecule has 1 N–H and O–H groups in total. The number of anilines is 1. The van der Waals surface area contributed by atoms with Crippen molar-refractivity contribution < 1.29 is 18.8 Å². The molecule has 2 fully saturated rings. The molecule has 1 aromatic carbocycles. The average molecular weight is 345 g/mol. The van der Waals surface area contributed by atoms with Crippen LogP contribution in [0.15, 0.2) is 18.2 Å². The Kier molecular flexibility index (Phi) is 3.74. The van der Waals surface area contributed by atoms with Crippen LogP contribution in [-0.4, -0.2) is 42.4 Å². The minimum atomic E-state index is -0.543. The first kappa shape index (κ1) is 16.1. The fraction of sp³-hybridized carbons (Fsp3) is 0.500. The maximum absolute atomic E-state index is 14.5. The topological polar surface area (TPSA) is 69.7 Å². The van der Waals surface area contributed by atoms with Gasteiger partial charge in [-0.2, -0.15) is 0 Å². The molecule has 25 heavy (non-hydrogen) atoms. The molecule has 4 amide bonds. The van der Waals surface area contributed by atoms with Crippen LogP contribution >= 0.6 is 0 Å². The summed E-state index contributed by atoms with van der Waals surface area (Å²) in [6.45, 7) is 0.590. The van der Waals surface area contributed by atoms with E-state index in [1.165, 1.54) is 11.0 Å². The predicted molar refractivity (Wildman–Crippen MR) is 88.6 cm³/mol. The van der Waals surface area contributed by atoms with Crippen molar-refractivity contribution in [1.82, 2.24) is 10.2 Å². The molecule has 0 aromatic heterocycles. The highest BCUT2D eigenvalue weighted by atomic mass is 19.1. The smallest absolute Gasteiger partial charge is 0.315 e. The molecule has 1 aliphatic carbocycles. The first-order valence-corrected chi connectivity index (χ1v) is 8.68. The minimum Gasteiger partial charge on any atom is -0.315 e. The van der Waals surface area contributed by atoms with Crippen molar-refractivity contribution in [3.63, 3.8) is 0 Å². The Morgan fingerprint density at radius 2 is 2.00 bits per heavy atom. The number of amides is 4. The van der Waals surface area contributed by atoms with Gasteiger partial charge in [-0.15, -0.1) is 0 Å². The summed E-state index contributed by atoms with van der Waals surface area (Å²) in [5.41, 5.74) is 0.982. The molecule has 0 unspecified atom stereocenters. The van der Waals surface area contributed by atoms with E-state index < -0.39 is 6.03 Å². The Balaban J connectivity index is 1.59. The lowest BCUT2D eigenvalue weighted by atomic mass is 9.80. The molecule has 3 aliphatic rings. The molecule has 1 spiro atoms. The van der Waals surface area contributed by atoms with E-state index in [0.29, 0.717) is 17.8 Å². The molecule has 6 nitrogen and oxygen atoms in total. The van der Waals surface area contributed by atoms with Crippen molar-refractivity contribution in [2.24, 2.45) is 0 Å². The van der Waals surface area contributed by atoms with Crippen molar-refractivity contribution in [2.45, 2.75) is 37.5 Å². The second kappa shape index (κ2) is 5.82. The van der Waals surface area contributed by atoms with E-state index in [4.69, 9.17) is 0 Å². The molecule has 4 rings (SSSR count). The fourth-order valence-corrected chi connectivity index (χ4v) is 4.41. The summed E-state index contributed by atoms with van der Waals surface area (Å²) in [4.78, 5) is 38.9. The Labute approximate surface area is 145 Å². The van der Waals surface area contributed by atoms with Gasteiger partial charge in [0, 0.05) is 30.5 Å². The number of nitrogens with one attached hydrogen (secondary N) is 1. The van der Waals surface area contributed by atoms with E-state index in [2.05, 4.69) is 5.32 Å². The molecule has 132 valence electrons.